The highest BCUT2D eigenvalue weighted by molar-refractivity contribution is 5.84. The predicted molar refractivity (Wildman–Crippen MR) is 82.9 cm³/mol. The molecule has 2 rings (SSSR count). The Hall–Kier alpha value is -1.65. The number of likely N-dealkylation sites (N-methyl/N-ethyl adjacent to an activating group) is 1. The van der Waals surface area contributed by atoms with E-state index in [1.165, 1.54) is 0 Å². The first kappa shape index (κ1) is 16.4. The number of aliphatic hydroxyl groups excluding tert-OH is 1. The van der Waals surface area contributed by atoms with E-state index in [0.29, 0.717) is 6.61 Å². The van der Waals surface area contributed by atoms with E-state index in [1.807, 2.05) is 37.3 Å². The van der Waals surface area contributed by atoms with E-state index in [4.69, 9.17) is 9.84 Å². The molecule has 0 unspecified atom stereocenters. The van der Waals surface area contributed by atoms with Crippen molar-refractivity contribution in [1.29, 1.82) is 0 Å². The number of benzene rings is 1. The minimum atomic E-state index is 0.281. The second kappa shape index (κ2) is 7.82. The quantitative estimate of drug-likeness (QED) is 0.872. The number of hydrogen-bond acceptors (Lipinski definition) is 3. The Morgan fingerprint density at radius 2 is 1.85 bits per heavy atom. The van der Waals surface area contributed by atoms with Gasteiger partial charge in [0.15, 0.2) is 0 Å². The number of quaternary nitrogens is 1. The molecule has 110 valence electrons. The number of para-hydroxylation sites is 1. The summed E-state index contributed by atoms with van der Waals surface area (Å²) >= 11 is 0. The van der Waals surface area contributed by atoms with Crippen LogP contribution in [0.1, 0.15) is 6.92 Å². The molecule has 1 aromatic carbocycles. The van der Waals surface area contributed by atoms with Gasteiger partial charge in [0, 0.05) is 11.6 Å². The summed E-state index contributed by atoms with van der Waals surface area (Å²) in [5.74, 6) is 0.862. The van der Waals surface area contributed by atoms with Crippen molar-refractivity contribution in [2.24, 2.45) is 0 Å². The van der Waals surface area contributed by atoms with E-state index in [0.717, 1.165) is 27.7 Å². The standard InChI is InChI=1S/C11H11NO.C5H14NO/c1-2-13-10-7-3-5-9-6-4-8-12-11(9)10;1-6(2,3)4-5-7/h3-8H,2H2,1H3;7H,4-5H2,1-3H3/q;+1. The van der Waals surface area contributed by atoms with Gasteiger partial charge in [0.05, 0.1) is 34.4 Å². The van der Waals surface area contributed by atoms with Crippen LogP contribution in [0.4, 0.5) is 0 Å². The van der Waals surface area contributed by atoms with Gasteiger partial charge in [-0.15, -0.1) is 0 Å². The molecule has 0 bridgehead atoms. The lowest BCUT2D eigenvalue weighted by atomic mass is 10.2. The topological polar surface area (TPSA) is 42.4 Å². The van der Waals surface area contributed by atoms with Crippen molar-refractivity contribution in [2.45, 2.75) is 6.92 Å². The van der Waals surface area contributed by atoms with E-state index in [-0.39, 0.29) is 6.61 Å². The van der Waals surface area contributed by atoms with E-state index >= 15 is 0 Å². The molecule has 0 fully saturated rings. The number of fused-ring (bicyclic) bond motifs is 1. The maximum atomic E-state index is 8.39. The smallest absolute Gasteiger partial charge is 0.145 e. The molecule has 0 atom stereocenters. The van der Waals surface area contributed by atoms with Crippen LogP contribution in [0.5, 0.6) is 5.75 Å². The van der Waals surface area contributed by atoms with E-state index in [2.05, 4.69) is 26.1 Å². The molecule has 4 heteroatoms. The summed E-state index contributed by atoms with van der Waals surface area (Å²) in [5.41, 5.74) is 0.937. The number of aromatic nitrogens is 1. The minimum Gasteiger partial charge on any atom is -0.492 e. The highest BCUT2D eigenvalue weighted by Gasteiger charge is 2.02. The van der Waals surface area contributed by atoms with Crippen molar-refractivity contribution in [3.05, 3.63) is 36.5 Å². The number of pyridine rings is 1. The zero-order valence-corrected chi connectivity index (χ0v) is 12.8. The first-order chi connectivity index (χ1) is 9.48. The summed E-state index contributed by atoms with van der Waals surface area (Å²) < 4.78 is 6.30. The van der Waals surface area contributed by atoms with Gasteiger partial charge in [-0.25, -0.2) is 0 Å². The Morgan fingerprint density at radius 1 is 1.15 bits per heavy atom. The van der Waals surface area contributed by atoms with Crippen molar-refractivity contribution in [1.82, 2.24) is 4.98 Å². The van der Waals surface area contributed by atoms with E-state index in [1.54, 1.807) is 6.20 Å². The van der Waals surface area contributed by atoms with Crippen LogP contribution >= 0.6 is 0 Å². The second-order valence-electron chi connectivity index (χ2n) is 5.50. The number of hydrogen-bond donors (Lipinski definition) is 1. The fraction of sp³-hybridized carbons (Fsp3) is 0.438. The third kappa shape index (κ3) is 5.55. The second-order valence-corrected chi connectivity index (χ2v) is 5.50. The van der Waals surface area contributed by atoms with Crippen LogP contribution in [0, 0.1) is 0 Å². The molecule has 0 aliphatic carbocycles. The van der Waals surface area contributed by atoms with Crippen LogP contribution in [0.2, 0.25) is 0 Å². The maximum Gasteiger partial charge on any atom is 0.145 e. The van der Waals surface area contributed by atoms with Gasteiger partial charge in [0.1, 0.15) is 17.8 Å². The molecule has 0 spiro atoms. The van der Waals surface area contributed by atoms with Gasteiger partial charge in [0.2, 0.25) is 0 Å². The molecule has 1 N–H and O–H groups in total. The number of nitrogens with zero attached hydrogens (tertiary/aromatic N) is 2. The third-order valence-electron chi connectivity index (χ3n) is 2.67. The third-order valence-corrected chi connectivity index (χ3v) is 2.67. The van der Waals surface area contributed by atoms with Crippen molar-refractivity contribution in [2.75, 3.05) is 40.9 Å². The highest BCUT2D eigenvalue weighted by Crippen LogP contribution is 2.22. The van der Waals surface area contributed by atoms with Crippen molar-refractivity contribution >= 4 is 10.9 Å². The lowest BCUT2D eigenvalue weighted by molar-refractivity contribution is -0.870. The molecular formula is C16H25N2O2+. The summed E-state index contributed by atoms with van der Waals surface area (Å²) in [6, 6.07) is 9.92. The number of ether oxygens (including phenoxy) is 1. The van der Waals surface area contributed by atoms with Crippen molar-refractivity contribution in [3.8, 4) is 5.75 Å². The highest BCUT2D eigenvalue weighted by atomic mass is 16.5. The lowest BCUT2D eigenvalue weighted by Crippen LogP contribution is -2.36. The van der Waals surface area contributed by atoms with Gasteiger partial charge in [0.25, 0.3) is 0 Å². The summed E-state index contributed by atoms with van der Waals surface area (Å²) in [6.45, 7) is 3.76. The van der Waals surface area contributed by atoms with Crippen molar-refractivity contribution < 1.29 is 14.3 Å². The largest absolute Gasteiger partial charge is 0.492 e. The molecular weight excluding hydrogens is 252 g/mol. The fourth-order valence-corrected chi connectivity index (χ4v) is 1.65. The van der Waals surface area contributed by atoms with E-state index < -0.39 is 0 Å². The Kier molecular flexibility index (Phi) is 6.42. The molecule has 1 aromatic heterocycles. The minimum absolute atomic E-state index is 0.281. The van der Waals surface area contributed by atoms with Gasteiger partial charge in [-0.2, -0.15) is 0 Å². The van der Waals surface area contributed by atoms with Gasteiger partial charge >= 0.3 is 0 Å². The molecule has 0 aliphatic heterocycles. The fourth-order valence-electron chi connectivity index (χ4n) is 1.65. The summed E-state index contributed by atoms with van der Waals surface area (Å²) in [7, 11) is 6.16. The zero-order valence-electron chi connectivity index (χ0n) is 12.8. The first-order valence-corrected chi connectivity index (χ1v) is 6.86. The number of rotatable bonds is 4. The maximum absolute atomic E-state index is 8.39. The van der Waals surface area contributed by atoms with Gasteiger partial charge < -0.3 is 14.3 Å². The Balaban J connectivity index is 0.000000246. The summed E-state index contributed by atoms with van der Waals surface area (Å²) in [4.78, 5) is 4.27. The first-order valence-electron chi connectivity index (χ1n) is 6.86. The van der Waals surface area contributed by atoms with Crippen molar-refractivity contribution in [3.63, 3.8) is 0 Å². The molecule has 2 aromatic rings. The SMILES string of the molecule is CCOc1cccc2cccnc12.C[N+](C)(C)CCO. The van der Waals surface area contributed by atoms with Crippen LogP contribution in [-0.4, -0.2) is 55.5 Å². The van der Waals surface area contributed by atoms with Gasteiger partial charge in [-0.3, -0.25) is 4.98 Å². The molecule has 0 aliphatic rings. The average molecular weight is 277 g/mol. The van der Waals surface area contributed by atoms with Crippen LogP contribution < -0.4 is 4.74 Å². The monoisotopic (exact) mass is 277 g/mol. The van der Waals surface area contributed by atoms with Crippen LogP contribution in [0.25, 0.3) is 10.9 Å². The lowest BCUT2D eigenvalue weighted by Gasteiger charge is -2.21. The number of aliphatic hydroxyl groups is 1. The Bertz CT molecular complexity index is 516. The average Bonchev–Trinajstić information content (AvgIpc) is 2.39. The van der Waals surface area contributed by atoms with Crippen LogP contribution in [-0.2, 0) is 0 Å². The molecule has 4 nitrogen and oxygen atoms in total. The Morgan fingerprint density at radius 3 is 2.40 bits per heavy atom. The molecule has 1 heterocycles. The predicted octanol–water partition coefficient (Wildman–Crippen LogP) is 2.32. The van der Waals surface area contributed by atoms with Gasteiger partial charge in [-0.1, -0.05) is 18.2 Å². The summed E-state index contributed by atoms with van der Waals surface area (Å²) in [5, 5.41) is 9.51. The molecule has 0 amide bonds. The van der Waals surface area contributed by atoms with Gasteiger partial charge in [-0.05, 0) is 19.1 Å². The van der Waals surface area contributed by atoms with Crippen LogP contribution in [0.15, 0.2) is 36.5 Å². The van der Waals surface area contributed by atoms with Crippen LogP contribution in [0.3, 0.4) is 0 Å². The molecule has 0 saturated carbocycles. The Labute approximate surface area is 121 Å². The molecule has 0 saturated heterocycles. The normalized spacial score (nSPS) is 10.8. The molecule has 20 heavy (non-hydrogen) atoms. The molecule has 0 radical (unpaired) electrons. The zero-order chi connectivity index (χ0) is 15.0. The summed E-state index contributed by atoms with van der Waals surface area (Å²) in [6.07, 6.45) is 1.78. The van der Waals surface area contributed by atoms with E-state index in [9.17, 15) is 0 Å².